The highest BCUT2D eigenvalue weighted by Crippen LogP contribution is 2.59. The second-order valence-electron chi connectivity index (χ2n) is 8.19. The maximum absolute atomic E-state index is 11.3. The van der Waals surface area contributed by atoms with E-state index in [1.54, 1.807) is 0 Å². The number of alkyl halides is 3. The van der Waals surface area contributed by atoms with Crippen LogP contribution in [0.1, 0.15) is 38.7 Å². The molecule has 4 bridgehead atoms. The summed E-state index contributed by atoms with van der Waals surface area (Å²) in [7, 11) is 0. The van der Waals surface area contributed by atoms with Gasteiger partial charge in [-0.05, 0) is 18.6 Å². The van der Waals surface area contributed by atoms with E-state index in [9.17, 15) is 18.3 Å². The summed E-state index contributed by atoms with van der Waals surface area (Å²) < 4.78 is 31.5. The van der Waals surface area contributed by atoms with E-state index in [0.29, 0.717) is 0 Å². The van der Waals surface area contributed by atoms with Crippen LogP contribution in [0.15, 0.2) is 29.3 Å². The Balaban J connectivity index is 0.000000224. The zero-order chi connectivity index (χ0) is 19.8. The molecule has 1 aromatic rings. The summed E-state index contributed by atoms with van der Waals surface area (Å²) in [5.74, 6) is -2.75. The summed E-state index contributed by atoms with van der Waals surface area (Å²) in [6.45, 7) is 5.65. The molecule has 5 atom stereocenters. The van der Waals surface area contributed by atoms with Gasteiger partial charge in [0, 0.05) is 19.3 Å². The smallest absolute Gasteiger partial charge is 0.430 e. The summed E-state index contributed by atoms with van der Waals surface area (Å²) in [6.07, 6.45) is -2.07. The minimum absolute atomic E-state index is 0.00164. The zero-order valence-electron chi connectivity index (χ0n) is 15.1. The highest BCUT2D eigenvalue weighted by molar-refractivity contribution is 6.08. The Labute approximate surface area is 154 Å². The molecule has 0 amide bonds. The zero-order valence-corrected chi connectivity index (χ0v) is 15.1. The third kappa shape index (κ3) is 2.14. The van der Waals surface area contributed by atoms with Gasteiger partial charge >= 0.3 is 6.18 Å². The summed E-state index contributed by atoms with van der Waals surface area (Å²) in [4.78, 5) is 15.2. The van der Waals surface area contributed by atoms with Crippen molar-refractivity contribution in [3.63, 3.8) is 0 Å². The first-order chi connectivity index (χ1) is 12.5. The highest BCUT2D eigenvalue weighted by Gasteiger charge is 2.77. The normalized spacial score (nSPS) is 40.6. The topological polar surface area (TPSA) is 77.2 Å². The van der Waals surface area contributed by atoms with Crippen LogP contribution in [0.5, 0.6) is 0 Å². The van der Waals surface area contributed by atoms with Gasteiger partial charge in [-0.1, -0.05) is 25.1 Å². The molecule has 2 N–H and O–H groups in total. The summed E-state index contributed by atoms with van der Waals surface area (Å²) in [6, 6.07) is 8.59. The number of carboxylic acid groups (broad SMARTS) is 1. The lowest BCUT2D eigenvalue weighted by Crippen LogP contribution is -3.30. The van der Waals surface area contributed by atoms with Gasteiger partial charge in [-0.25, -0.2) is 4.99 Å². The van der Waals surface area contributed by atoms with Crippen molar-refractivity contribution in [1.29, 1.82) is 0 Å². The number of carbonyl (C=O) groups excluding carboxylic acids is 1. The minimum Gasteiger partial charge on any atom is -0.542 e. The number of para-hydroxylation sites is 1. The lowest BCUT2D eigenvalue weighted by molar-refractivity contribution is -1.01. The predicted octanol–water partition coefficient (Wildman–Crippen LogP) is 0.488. The van der Waals surface area contributed by atoms with Crippen LogP contribution >= 0.6 is 0 Å². The van der Waals surface area contributed by atoms with Crippen LogP contribution in [0.25, 0.3) is 0 Å². The SMILES string of the molecule is C[C@@H]1[C@@]23CC[NH+]4[C@@](C)(CC[C@]14O)C2=Nc1ccccc13.O=C([O-])C(F)(F)F. The Kier molecular flexibility index (Phi) is 3.63. The van der Waals surface area contributed by atoms with E-state index in [-0.39, 0.29) is 16.9 Å². The van der Waals surface area contributed by atoms with Crippen molar-refractivity contribution in [2.24, 2.45) is 10.9 Å². The number of aliphatic hydroxyl groups is 1. The number of nitrogens with one attached hydrogen (secondary N) is 1. The largest absolute Gasteiger partial charge is 0.542 e. The Morgan fingerprint density at radius 3 is 2.56 bits per heavy atom. The highest BCUT2D eigenvalue weighted by atomic mass is 19.4. The van der Waals surface area contributed by atoms with Gasteiger partial charge in [-0.3, -0.25) is 4.90 Å². The number of benzene rings is 1. The number of hydrogen-bond acceptors (Lipinski definition) is 4. The Morgan fingerprint density at radius 1 is 1.30 bits per heavy atom. The van der Waals surface area contributed by atoms with Gasteiger partial charge in [0.2, 0.25) is 5.72 Å². The molecule has 146 valence electrons. The number of aliphatic imine (C=N–C) groups is 1. The molecule has 4 fully saturated rings. The first-order valence-electron chi connectivity index (χ1n) is 9.04. The number of piperidine rings is 3. The van der Waals surface area contributed by atoms with Crippen LogP contribution in [0.3, 0.4) is 0 Å². The van der Waals surface area contributed by atoms with Gasteiger partial charge in [-0.2, -0.15) is 13.2 Å². The number of carbonyl (C=O) groups is 1. The number of halogens is 3. The second-order valence-corrected chi connectivity index (χ2v) is 8.19. The maximum Gasteiger partial charge on any atom is 0.430 e. The molecule has 5 aliphatic heterocycles. The molecule has 27 heavy (non-hydrogen) atoms. The summed E-state index contributed by atoms with van der Waals surface area (Å²) >= 11 is 0. The summed E-state index contributed by atoms with van der Waals surface area (Å²) in [5, 5.41) is 20.1. The fraction of sp³-hybridized carbons (Fsp3) is 0.579. The van der Waals surface area contributed by atoms with Crippen LogP contribution in [0, 0.1) is 5.92 Å². The fourth-order valence-electron chi connectivity index (χ4n) is 6.00. The van der Waals surface area contributed by atoms with Crippen molar-refractivity contribution in [2.75, 3.05) is 6.54 Å². The van der Waals surface area contributed by atoms with E-state index >= 15 is 0 Å². The third-order valence-electron chi connectivity index (χ3n) is 7.21. The van der Waals surface area contributed by atoms with Crippen molar-refractivity contribution < 1.29 is 33.1 Å². The van der Waals surface area contributed by atoms with Crippen LogP contribution < -0.4 is 10.0 Å². The van der Waals surface area contributed by atoms with Crippen molar-refractivity contribution >= 4 is 17.4 Å². The Hall–Kier alpha value is -1.93. The fourth-order valence-corrected chi connectivity index (χ4v) is 6.00. The average Bonchev–Trinajstić information content (AvgIpc) is 3.07. The molecule has 5 nitrogen and oxygen atoms in total. The number of aliphatic carboxylic acids is 1. The van der Waals surface area contributed by atoms with E-state index in [1.807, 2.05) is 0 Å². The van der Waals surface area contributed by atoms with Crippen molar-refractivity contribution in [2.45, 2.75) is 56.0 Å². The first-order valence-corrected chi connectivity index (χ1v) is 9.04. The molecule has 5 aliphatic rings. The quantitative estimate of drug-likeness (QED) is 0.686. The van der Waals surface area contributed by atoms with E-state index in [4.69, 9.17) is 14.9 Å². The molecule has 0 aromatic heterocycles. The third-order valence-corrected chi connectivity index (χ3v) is 7.21. The van der Waals surface area contributed by atoms with Crippen LogP contribution in [-0.2, 0) is 10.2 Å². The lowest BCUT2D eigenvalue weighted by atomic mass is 9.55. The molecule has 0 radical (unpaired) electrons. The molecule has 1 aromatic carbocycles. The molecule has 4 saturated heterocycles. The number of nitrogens with zero attached hydrogens (tertiary/aromatic N) is 1. The van der Waals surface area contributed by atoms with Gasteiger partial charge in [0.1, 0.15) is 11.5 Å². The van der Waals surface area contributed by atoms with Crippen LogP contribution in [-0.4, -0.2) is 40.8 Å². The first kappa shape index (κ1) is 18.4. The van der Waals surface area contributed by atoms with Gasteiger partial charge < -0.3 is 15.0 Å². The number of quaternary nitrogens is 1. The molecular formula is C19H21F3N2O3. The summed E-state index contributed by atoms with van der Waals surface area (Å²) in [5.41, 5.74) is 3.36. The average molecular weight is 382 g/mol. The standard InChI is InChI=1S/C17H20N2O.C2HF3O2/c1-11-16-9-10-19-15(2,7-8-17(11,19)20)14(16)18-13-6-4-3-5-12(13)16;3-2(4,5)1(6)7/h3-6,11,20H,7-10H2,1-2H3;(H,6,7)/t11-,15+,16-,17+;/m1./s1. The van der Waals surface area contributed by atoms with Gasteiger partial charge in [0.25, 0.3) is 0 Å². The molecule has 0 aliphatic carbocycles. The molecule has 8 heteroatoms. The molecule has 5 heterocycles. The maximum atomic E-state index is 11.3. The minimum atomic E-state index is -5.19. The number of rotatable bonds is 0. The molecule has 0 saturated carbocycles. The molecular weight excluding hydrogens is 361 g/mol. The number of fused-ring (bicyclic) bond motifs is 2. The van der Waals surface area contributed by atoms with Gasteiger partial charge in [-0.15, -0.1) is 0 Å². The van der Waals surface area contributed by atoms with Crippen molar-refractivity contribution in [3.8, 4) is 0 Å². The molecule has 6 rings (SSSR count). The van der Waals surface area contributed by atoms with E-state index < -0.39 is 17.9 Å². The van der Waals surface area contributed by atoms with E-state index in [0.717, 1.165) is 31.5 Å². The van der Waals surface area contributed by atoms with Gasteiger partial charge in [0.15, 0.2) is 0 Å². The Bertz CT molecular complexity index is 855. The Morgan fingerprint density at radius 2 is 1.93 bits per heavy atom. The van der Waals surface area contributed by atoms with Crippen LogP contribution in [0.4, 0.5) is 18.9 Å². The number of carboxylic acids is 1. The number of hydrogen-bond donors (Lipinski definition) is 2. The predicted molar refractivity (Wildman–Crippen MR) is 88.5 cm³/mol. The second kappa shape index (κ2) is 5.32. The van der Waals surface area contributed by atoms with E-state index in [1.165, 1.54) is 16.2 Å². The van der Waals surface area contributed by atoms with Crippen LogP contribution in [0.2, 0.25) is 0 Å². The lowest BCUT2D eigenvalue weighted by Gasteiger charge is -2.60. The van der Waals surface area contributed by atoms with E-state index in [2.05, 4.69) is 38.1 Å². The monoisotopic (exact) mass is 382 g/mol. The molecule has 1 unspecified atom stereocenters. The van der Waals surface area contributed by atoms with Crippen molar-refractivity contribution in [3.05, 3.63) is 29.8 Å². The van der Waals surface area contributed by atoms with Gasteiger partial charge in [0.05, 0.1) is 29.3 Å². The van der Waals surface area contributed by atoms with Crippen molar-refractivity contribution in [1.82, 2.24) is 0 Å². The molecule has 1 spiro atoms.